The van der Waals surface area contributed by atoms with Crippen LogP contribution < -0.4 is 4.68 Å². The van der Waals surface area contributed by atoms with Crippen LogP contribution in [0.3, 0.4) is 0 Å². The van der Waals surface area contributed by atoms with Crippen LogP contribution in [0.1, 0.15) is 0 Å². The summed E-state index contributed by atoms with van der Waals surface area (Å²) in [5.74, 6) is 0. The van der Waals surface area contributed by atoms with Crippen LogP contribution in [0.15, 0.2) is 48.1 Å². The fraction of sp³-hybridized carbons (Fsp3) is 0.0667. The Kier molecular flexibility index (Phi) is 2.19. The Morgan fingerprint density at radius 1 is 1.11 bits per heavy atom. The highest BCUT2D eigenvalue weighted by molar-refractivity contribution is 7.16. The number of thiazole rings is 1. The molecule has 0 fully saturated rings. The number of H-pyrrole nitrogens is 1. The van der Waals surface area contributed by atoms with Crippen molar-refractivity contribution in [1.82, 2.24) is 10.1 Å². The summed E-state index contributed by atoms with van der Waals surface area (Å²) in [6.45, 7) is 0. The summed E-state index contributed by atoms with van der Waals surface area (Å²) in [6.07, 6.45) is 2.10. The van der Waals surface area contributed by atoms with E-state index < -0.39 is 0 Å². The lowest BCUT2D eigenvalue weighted by Crippen LogP contribution is -2.27. The molecule has 92 valence electrons. The van der Waals surface area contributed by atoms with Gasteiger partial charge in [-0.2, -0.15) is 5.10 Å². The molecule has 0 bridgehead atoms. The minimum atomic E-state index is 1.07. The first kappa shape index (κ1) is 10.7. The van der Waals surface area contributed by atoms with Crippen molar-refractivity contribution >= 4 is 32.5 Å². The Morgan fingerprint density at radius 3 is 2.89 bits per heavy atom. The van der Waals surface area contributed by atoms with Gasteiger partial charge in [0.25, 0.3) is 0 Å². The zero-order valence-electron chi connectivity index (χ0n) is 10.4. The predicted octanol–water partition coefficient (Wildman–Crippen LogP) is 3.27. The van der Waals surface area contributed by atoms with Crippen molar-refractivity contribution in [2.45, 2.75) is 0 Å². The third-order valence-corrected chi connectivity index (χ3v) is 4.15. The van der Waals surface area contributed by atoms with E-state index in [-0.39, 0.29) is 0 Å². The van der Waals surface area contributed by atoms with Gasteiger partial charge in [0.2, 0.25) is 6.20 Å². The summed E-state index contributed by atoms with van der Waals surface area (Å²) < 4.78 is 3.20. The number of aromatic nitrogens is 3. The van der Waals surface area contributed by atoms with Crippen LogP contribution in [0.25, 0.3) is 32.2 Å². The maximum atomic E-state index is 4.38. The Morgan fingerprint density at radius 2 is 1.95 bits per heavy atom. The van der Waals surface area contributed by atoms with Crippen molar-refractivity contribution in [2.24, 2.45) is 7.05 Å². The fourth-order valence-corrected chi connectivity index (χ4v) is 3.08. The quantitative estimate of drug-likeness (QED) is 0.527. The van der Waals surface area contributed by atoms with Crippen LogP contribution in [0.2, 0.25) is 0 Å². The van der Waals surface area contributed by atoms with Gasteiger partial charge in [-0.1, -0.05) is 12.1 Å². The molecule has 2 aromatic carbocycles. The maximum Gasteiger partial charge on any atom is 0.202 e. The molecule has 4 aromatic rings. The van der Waals surface area contributed by atoms with Crippen LogP contribution in [0, 0.1) is 0 Å². The highest BCUT2D eigenvalue weighted by atomic mass is 32.1. The van der Waals surface area contributed by atoms with Crippen LogP contribution in [0.5, 0.6) is 0 Å². The van der Waals surface area contributed by atoms with E-state index in [4.69, 9.17) is 0 Å². The first-order valence-corrected chi connectivity index (χ1v) is 7.00. The van der Waals surface area contributed by atoms with E-state index in [0.717, 1.165) is 11.0 Å². The fourth-order valence-electron chi connectivity index (χ4n) is 2.42. The van der Waals surface area contributed by atoms with Gasteiger partial charge < -0.3 is 0 Å². The molecule has 0 spiro atoms. The normalized spacial score (nSPS) is 11.4. The minimum absolute atomic E-state index is 1.07. The molecule has 1 N–H and O–H groups in total. The minimum Gasteiger partial charge on any atom is -0.245 e. The molecule has 3 nitrogen and oxygen atoms in total. The van der Waals surface area contributed by atoms with Crippen molar-refractivity contribution in [1.29, 1.82) is 0 Å². The smallest absolute Gasteiger partial charge is 0.202 e. The summed E-state index contributed by atoms with van der Waals surface area (Å²) >= 11 is 1.68. The second-order valence-corrected chi connectivity index (χ2v) is 5.58. The second-order valence-electron chi connectivity index (χ2n) is 4.69. The summed E-state index contributed by atoms with van der Waals surface area (Å²) in [5, 5.41) is 4.49. The average Bonchev–Trinajstić information content (AvgIpc) is 3.01. The first-order chi connectivity index (χ1) is 9.29. The molecule has 0 radical (unpaired) electrons. The zero-order chi connectivity index (χ0) is 12.8. The van der Waals surface area contributed by atoms with Crippen LogP contribution in [-0.2, 0) is 7.05 Å². The van der Waals surface area contributed by atoms with Crippen molar-refractivity contribution < 1.29 is 4.68 Å². The van der Waals surface area contributed by atoms with Crippen molar-refractivity contribution in [3.05, 3.63) is 48.1 Å². The Bertz CT molecular complexity index is 889. The van der Waals surface area contributed by atoms with Crippen LogP contribution in [-0.4, -0.2) is 10.1 Å². The highest BCUT2D eigenvalue weighted by Gasteiger charge is 2.06. The molecular weight excluding hydrogens is 254 g/mol. The number of hydrogen-bond donors (Lipinski definition) is 1. The summed E-state index contributed by atoms with van der Waals surface area (Å²) in [5.41, 5.74) is 6.55. The van der Waals surface area contributed by atoms with Gasteiger partial charge in [-0.25, -0.2) is 4.98 Å². The van der Waals surface area contributed by atoms with Gasteiger partial charge in [0.15, 0.2) is 7.05 Å². The van der Waals surface area contributed by atoms with Gasteiger partial charge in [0.05, 0.1) is 21.1 Å². The number of nitrogens with one attached hydrogen (secondary N) is 1. The molecule has 4 rings (SSSR count). The third kappa shape index (κ3) is 1.72. The number of fused-ring (bicyclic) bond motifs is 2. The molecule has 4 heteroatoms. The molecule has 2 aromatic heterocycles. The van der Waals surface area contributed by atoms with E-state index in [1.54, 1.807) is 11.3 Å². The van der Waals surface area contributed by atoms with E-state index in [0.29, 0.717) is 0 Å². The lowest BCUT2D eigenvalue weighted by Gasteiger charge is -2.01. The number of nitrogens with zero attached hydrogens (tertiary/aromatic N) is 2. The van der Waals surface area contributed by atoms with E-state index in [2.05, 4.69) is 52.7 Å². The number of benzene rings is 2. The monoisotopic (exact) mass is 266 g/mol. The second kappa shape index (κ2) is 3.90. The molecule has 0 aliphatic rings. The van der Waals surface area contributed by atoms with E-state index in [1.807, 2.05) is 17.2 Å². The third-order valence-electron chi connectivity index (χ3n) is 3.34. The standard InChI is InChI=1S/C15H11N3S/c1-18-8-12-6-10(2-4-13(12)17-18)11-3-5-15-14(7-11)16-9-19-15/h2-9H,1H3/p+1. The largest absolute Gasteiger partial charge is 0.245 e. The molecule has 0 saturated heterocycles. The molecule has 0 amide bonds. The highest BCUT2D eigenvalue weighted by Crippen LogP contribution is 2.27. The molecule has 0 aliphatic heterocycles. The molecule has 0 unspecified atom stereocenters. The Balaban J connectivity index is 1.91. The van der Waals surface area contributed by atoms with Crippen molar-refractivity contribution in [3.63, 3.8) is 0 Å². The number of aryl methyl sites for hydroxylation is 1. The van der Waals surface area contributed by atoms with Crippen LogP contribution >= 0.6 is 11.3 Å². The molecule has 0 atom stereocenters. The van der Waals surface area contributed by atoms with Gasteiger partial charge in [-0.15, -0.1) is 16.0 Å². The average molecular weight is 266 g/mol. The lowest BCUT2D eigenvalue weighted by molar-refractivity contribution is -0.724. The molecule has 19 heavy (non-hydrogen) atoms. The van der Waals surface area contributed by atoms with Gasteiger partial charge in [-0.3, -0.25) is 0 Å². The molecular formula is C15H12N3S+. The predicted molar refractivity (Wildman–Crippen MR) is 78.1 cm³/mol. The summed E-state index contributed by atoms with van der Waals surface area (Å²) in [6, 6.07) is 12.9. The topological polar surface area (TPSA) is 32.6 Å². The number of aromatic amines is 1. The maximum absolute atomic E-state index is 4.38. The Hall–Kier alpha value is -2.20. The lowest BCUT2D eigenvalue weighted by atomic mass is 10.0. The Labute approximate surface area is 114 Å². The zero-order valence-corrected chi connectivity index (χ0v) is 11.2. The SMILES string of the molecule is C[n+]1cc2cc(-c3ccc4scnc4c3)ccc2[nH]1. The van der Waals surface area contributed by atoms with Crippen LogP contribution in [0.4, 0.5) is 0 Å². The summed E-state index contributed by atoms with van der Waals surface area (Å²) in [7, 11) is 2.00. The van der Waals surface area contributed by atoms with Gasteiger partial charge >= 0.3 is 0 Å². The molecule has 2 heterocycles. The number of hydrogen-bond acceptors (Lipinski definition) is 2. The summed E-state index contributed by atoms with van der Waals surface area (Å²) in [4.78, 5) is 4.38. The van der Waals surface area contributed by atoms with Crippen molar-refractivity contribution in [3.8, 4) is 11.1 Å². The molecule has 0 aliphatic carbocycles. The van der Waals surface area contributed by atoms with Gasteiger partial charge in [0.1, 0.15) is 5.52 Å². The van der Waals surface area contributed by atoms with E-state index in [9.17, 15) is 0 Å². The van der Waals surface area contributed by atoms with Gasteiger partial charge in [-0.05, 0) is 35.4 Å². The van der Waals surface area contributed by atoms with Crippen molar-refractivity contribution in [2.75, 3.05) is 0 Å². The van der Waals surface area contributed by atoms with Gasteiger partial charge in [0, 0.05) is 0 Å². The first-order valence-electron chi connectivity index (χ1n) is 6.12. The number of rotatable bonds is 1. The molecule has 0 saturated carbocycles. The van der Waals surface area contributed by atoms with E-state index >= 15 is 0 Å². The van der Waals surface area contributed by atoms with E-state index in [1.165, 1.54) is 21.2 Å².